The summed E-state index contributed by atoms with van der Waals surface area (Å²) in [6.45, 7) is 24.0. The predicted molar refractivity (Wildman–Crippen MR) is 204 cm³/mol. The van der Waals surface area contributed by atoms with Crippen molar-refractivity contribution in [3.05, 3.63) is 173 Å². The fourth-order valence-corrected chi connectivity index (χ4v) is 2.29. The molecule has 5 rings (SSSR count). The molecule has 0 nitrogen and oxygen atoms in total. The Balaban J connectivity index is -0.0000000564. The maximum atomic E-state index is 2.12. The normalized spacial score (nSPS) is 6.51. The van der Waals surface area contributed by atoms with Crippen molar-refractivity contribution in [2.24, 2.45) is 0 Å². The van der Waals surface area contributed by atoms with Crippen molar-refractivity contribution in [3.63, 3.8) is 0 Å². The molecule has 0 saturated heterocycles. The van der Waals surface area contributed by atoms with Gasteiger partial charge in [0.2, 0.25) is 0 Å². The van der Waals surface area contributed by atoms with Crippen LogP contribution in [-0.4, -0.2) is 0 Å². The zero-order chi connectivity index (χ0) is 31.5. The third-order valence-corrected chi connectivity index (χ3v) is 3.66. The Hall–Kier alpha value is -2.54. The van der Waals surface area contributed by atoms with Crippen LogP contribution in [0.5, 0.6) is 0 Å². The topological polar surface area (TPSA) is 0 Å². The molecule has 0 saturated carbocycles. The molecule has 0 amide bonds. The van der Waals surface area contributed by atoms with Gasteiger partial charge < -0.3 is 14.9 Å². The smallest absolute Gasteiger partial charge is 0 e. The van der Waals surface area contributed by atoms with Crippen LogP contribution in [0, 0.1) is 14.9 Å². The third-order valence-electron chi connectivity index (χ3n) is 3.66. The van der Waals surface area contributed by atoms with E-state index >= 15 is 0 Å². The monoisotopic (exact) mass is 661 g/mol. The predicted octanol–water partition coefficient (Wildman–Crippen LogP) is 15.0. The molecule has 0 N–H and O–H groups in total. The molecule has 1 radical (unpaired) electrons. The van der Waals surface area contributed by atoms with E-state index in [2.05, 4.69) is 48.5 Å². The maximum Gasteiger partial charge on any atom is 0 e. The van der Waals surface area contributed by atoms with Crippen molar-refractivity contribution in [3.8, 4) is 0 Å². The first-order valence-electron chi connectivity index (χ1n) is 15.4. The molecule has 0 atom stereocenters. The zero-order valence-corrected chi connectivity index (χ0v) is 33.4. The molecule has 5 aromatic carbocycles. The minimum atomic E-state index is 0. The van der Waals surface area contributed by atoms with Crippen LogP contribution in [0.25, 0.3) is 10.8 Å². The van der Waals surface area contributed by atoms with Gasteiger partial charge in [0.25, 0.3) is 0 Å². The number of fused-ring (bicyclic) bond motifs is 1. The molecule has 43 heavy (non-hydrogen) atoms. The van der Waals surface area contributed by atoms with Crippen LogP contribution in [0.1, 0.15) is 83.1 Å². The van der Waals surface area contributed by atoms with Crippen LogP contribution in [0.4, 0.5) is 0 Å². The van der Waals surface area contributed by atoms with E-state index in [4.69, 9.17) is 0 Å². The van der Waals surface area contributed by atoms with Crippen LogP contribution >= 0.6 is 0 Å². The van der Waals surface area contributed by atoms with E-state index in [0.717, 1.165) is 0 Å². The van der Waals surface area contributed by atoms with Gasteiger partial charge in [0.1, 0.15) is 0 Å². The van der Waals surface area contributed by atoms with E-state index in [1.54, 1.807) is 0 Å². The Morgan fingerprint density at radius 1 is 0.209 bits per heavy atom. The van der Waals surface area contributed by atoms with Gasteiger partial charge >= 0.3 is 0 Å². The van der Waals surface area contributed by atoms with E-state index < -0.39 is 0 Å². The molecule has 0 aliphatic heterocycles. The molecule has 0 spiro atoms. The van der Waals surface area contributed by atoms with Crippen LogP contribution in [-0.2, 0) is 32.7 Å². The van der Waals surface area contributed by atoms with Crippen molar-refractivity contribution >= 4 is 10.8 Å². The van der Waals surface area contributed by atoms with E-state index in [0.29, 0.717) is 0 Å². The first-order chi connectivity index (χ1) is 20.0. The van der Waals surface area contributed by atoms with Crippen molar-refractivity contribution < 1.29 is 32.7 Å². The van der Waals surface area contributed by atoms with Gasteiger partial charge in [0.15, 0.2) is 0 Å². The minimum Gasteiger partial charge on any atom is -0.358 e. The van der Waals surface area contributed by atoms with Gasteiger partial charge in [0, 0.05) is 32.7 Å². The molecule has 0 heterocycles. The van der Waals surface area contributed by atoms with Gasteiger partial charge in [-0.05, 0) is 10.8 Å². The Labute approximate surface area is 297 Å². The van der Waals surface area contributed by atoms with Crippen LogP contribution in [0.3, 0.4) is 0 Å². The summed E-state index contributed by atoms with van der Waals surface area (Å²) in [6, 6.07) is 52.7. The minimum absolute atomic E-state index is 0. The van der Waals surface area contributed by atoms with Crippen molar-refractivity contribution in [1.82, 2.24) is 0 Å². The van der Waals surface area contributed by atoms with E-state index in [9.17, 15) is 0 Å². The summed E-state index contributed by atoms with van der Waals surface area (Å²) in [6.07, 6.45) is 0. The van der Waals surface area contributed by atoms with Crippen molar-refractivity contribution in [1.29, 1.82) is 0 Å². The Morgan fingerprint density at radius 3 is 0.395 bits per heavy atom. The average Bonchev–Trinajstić information content (AvgIpc) is 3.13. The Kier molecular flexibility index (Phi) is 93.5. The van der Waals surface area contributed by atoms with Crippen LogP contribution in [0.2, 0.25) is 0 Å². The summed E-state index contributed by atoms with van der Waals surface area (Å²) in [5.41, 5.74) is 0. The Morgan fingerprint density at radius 2 is 0.302 bits per heavy atom. The molecule has 1 heteroatoms. The molecule has 0 bridgehead atoms. The molecule has 0 aliphatic carbocycles. The van der Waals surface area contributed by atoms with Crippen LogP contribution < -0.4 is 0 Å². The van der Waals surface area contributed by atoms with Gasteiger partial charge in [-0.3, -0.25) is 0 Å². The van der Waals surface area contributed by atoms with E-state index in [-0.39, 0.29) is 47.6 Å². The number of hydrogen-bond donors (Lipinski definition) is 0. The molecule has 241 valence electrons. The maximum absolute atomic E-state index is 2.12. The summed E-state index contributed by atoms with van der Waals surface area (Å²) in [5, 5.41) is 2.62. The van der Waals surface area contributed by atoms with Crippen LogP contribution in [0.15, 0.2) is 158 Å². The van der Waals surface area contributed by atoms with Gasteiger partial charge in [-0.15, -0.1) is 0 Å². The zero-order valence-electron chi connectivity index (χ0n) is 30.6. The van der Waals surface area contributed by atoms with Crippen molar-refractivity contribution in [2.45, 2.75) is 83.1 Å². The van der Waals surface area contributed by atoms with Gasteiger partial charge in [-0.25, -0.2) is 0 Å². The molecule has 5 aromatic rings. The van der Waals surface area contributed by atoms with Gasteiger partial charge in [0.05, 0.1) is 0 Å². The quantitative estimate of drug-likeness (QED) is 0.145. The standard InChI is InChI=1S/C10H8.3C6H6.6C2H6.2CH3.Y/c1-2-6-10-8-4-3-7-9(10)5-1;3*1-2-4-6-5-3-1;6*1-2;;;/h1-8H;3*1-6H;6*1-2H3;2*1H3;/q;;;;;;;;;;2*-1;. The molecule has 0 fully saturated rings. The largest absolute Gasteiger partial charge is 0.358 e. The molecule has 0 aliphatic rings. The fraction of sp³-hybridized carbons (Fsp3) is 0.286. The summed E-state index contributed by atoms with van der Waals surface area (Å²) in [7, 11) is 0. The number of hydrogen-bond acceptors (Lipinski definition) is 0. The van der Waals surface area contributed by atoms with E-state index in [1.807, 2.05) is 192 Å². The van der Waals surface area contributed by atoms with Gasteiger partial charge in [-0.2, -0.15) is 0 Å². The second kappa shape index (κ2) is 67.3. The second-order valence-electron chi connectivity index (χ2n) is 5.81. The number of rotatable bonds is 0. The average molecular weight is 662 g/mol. The number of benzene rings is 5. The first-order valence-corrected chi connectivity index (χ1v) is 15.4. The SMILES string of the molecule is CC.CC.CC.CC.CC.CC.[CH3-].[CH3-].[Y].c1ccc2ccccc2c1.c1ccccc1.c1ccccc1.c1ccccc1. The summed E-state index contributed by atoms with van der Waals surface area (Å²) in [4.78, 5) is 0. The van der Waals surface area contributed by atoms with E-state index in [1.165, 1.54) is 10.8 Å². The first kappa shape index (κ1) is 59.8. The van der Waals surface area contributed by atoms with Gasteiger partial charge in [-0.1, -0.05) is 241 Å². The Bertz CT molecular complexity index is 732. The fourth-order valence-electron chi connectivity index (χ4n) is 2.29. The summed E-state index contributed by atoms with van der Waals surface area (Å²) >= 11 is 0. The molecular formula is C42H68Y-2. The second-order valence-corrected chi connectivity index (χ2v) is 5.81. The van der Waals surface area contributed by atoms with Crippen molar-refractivity contribution in [2.75, 3.05) is 0 Å². The third kappa shape index (κ3) is 49.5. The molecule has 0 unspecified atom stereocenters. The summed E-state index contributed by atoms with van der Waals surface area (Å²) < 4.78 is 0. The summed E-state index contributed by atoms with van der Waals surface area (Å²) in [5.74, 6) is 0. The molecule has 0 aromatic heterocycles. The molecular weight excluding hydrogens is 593 g/mol.